The number of ether oxygens (including phenoxy) is 1. The third-order valence-electron chi connectivity index (χ3n) is 5.89. The molecule has 7 heteroatoms. The van der Waals surface area contributed by atoms with Crippen LogP contribution in [-0.4, -0.2) is 70.3 Å². The van der Waals surface area contributed by atoms with Crippen LogP contribution in [0.25, 0.3) is 10.9 Å². The average molecular weight is 430 g/mol. The summed E-state index contributed by atoms with van der Waals surface area (Å²) in [6, 6.07) is 8.13. The average Bonchev–Trinajstić information content (AvgIpc) is 3.09. The number of hydrogen-bond acceptors (Lipinski definition) is 4. The van der Waals surface area contributed by atoms with Crippen molar-refractivity contribution in [1.82, 2.24) is 14.4 Å². The van der Waals surface area contributed by atoms with Gasteiger partial charge in [0.15, 0.2) is 0 Å². The highest BCUT2D eigenvalue weighted by Gasteiger charge is 2.26. The monoisotopic (exact) mass is 429 g/mol. The van der Waals surface area contributed by atoms with Crippen LogP contribution in [0.15, 0.2) is 35.4 Å². The van der Waals surface area contributed by atoms with Gasteiger partial charge in [0.05, 0.1) is 18.0 Å². The first-order chi connectivity index (χ1) is 14.5. The molecule has 0 radical (unpaired) electrons. The molecule has 162 valence electrons. The number of carbonyl (C=O) groups is 2. The van der Waals surface area contributed by atoms with Crippen LogP contribution in [0.4, 0.5) is 0 Å². The number of fused-ring (bicyclic) bond motifs is 1. The number of hydrogen-bond donors (Lipinski definition) is 0. The maximum atomic E-state index is 12.8. The molecular weight excluding hydrogens is 398 g/mol. The second kappa shape index (κ2) is 9.43. The molecule has 30 heavy (non-hydrogen) atoms. The highest BCUT2D eigenvalue weighted by Crippen LogP contribution is 2.30. The largest absolute Gasteiger partial charge is 0.372 e. The van der Waals surface area contributed by atoms with Crippen LogP contribution in [0.1, 0.15) is 33.1 Å². The Morgan fingerprint density at radius 1 is 1.00 bits per heavy atom. The van der Waals surface area contributed by atoms with Gasteiger partial charge >= 0.3 is 0 Å². The van der Waals surface area contributed by atoms with Gasteiger partial charge in [-0.1, -0.05) is 18.2 Å². The van der Waals surface area contributed by atoms with Crippen molar-refractivity contribution in [3.8, 4) is 0 Å². The summed E-state index contributed by atoms with van der Waals surface area (Å²) in [6.07, 6.45) is 5.59. The molecule has 2 unspecified atom stereocenters. The Morgan fingerprint density at radius 2 is 1.70 bits per heavy atom. The van der Waals surface area contributed by atoms with Crippen LogP contribution >= 0.6 is 11.8 Å². The molecular formula is C23H31N3O3S. The predicted molar refractivity (Wildman–Crippen MR) is 120 cm³/mol. The van der Waals surface area contributed by atoms with E-state index in [4.69, 9.17) is 4.74 Å². The van der Waals surface area contributed by atoms with Crippen molar-refractivity contribution in [2.45, 2.75) is 56.8 Å². The summed E-state index contributed by atoms with van der Waals surface area (Å²) in [5.74, 6) is 0.718. The highest BCUT2D eigenvalue weighted by molar-refractivity contribution is 8.00. The summed E-state index contributed by atoms with van der Waals surface area (Å²) in [7, 11) is 0. The van der Waals surface area contributed by atoms with E-state index in [0.29, 0.717) is 25.4 Å². The van der Waals surface area contributed by atoms with Crippen LogP contribution in [0.5, 0.6) is 0 Å². The number of amides is 2. The van der Waals surface area contributed by atoms with E-state index in [0.717, 1.165) is 41.7 Å². The van der Waals surface area contributed by atoms with Gasteiger partial charge in [-0.05, 0) is 39.2 Å². The zero-order chi connectivity index (χ0) is 21.1. The van der Waals surface area contributed by atoms with Gasteiger partial charge in [-0.25, -0.2) is 0 Å². The first-order valence-electron chi connectivity index (χ1n) is 10.9. The van der Waals surface area contributed by atoms with Crippen molar-refractivity contribution in [2.75, 3.05) is 31.9 Å². The lowest BCUT2D eigenvalue weighted by Gasteiger charge is -2.35. The van der Waals surface area contributed by atoms with E-state index >= 15 is 0 Å². The quantitative estimate of drug-likeness (QED) is 0.684. The third-order valence-corrected chi connectivity index (χ3v) is 6.92. The van der Waals surface area contributed by atoms with Gasteiger partial charge in [0.1, 0.15) is 6.54 Å². The minimum absolute atomic E-state index is 0.0745. The molecule has 0 bridgehead atoms. The fourth-order valence-electron chi connectivity index (χ4n) is 4.46. The molecule has 0 N–H and O–H groups in total. The molecule has 0 aliphatic carbocycles. The van der Waals surface area contributed by atoms with E-state index in [1.54, 1.807) is 11.8 Å². The molecule has 2 aliphatic heterocycles. The second-order valence-electron chi connectivity index (χ2n) is 8.42. The van der Waals surface area contributed by atoms with Crippen LogP contribution in [-0.2, 0) is 20.9 Å². The van der Waals surface area contributed by atoms with E-state index in [1.807, 2.05) is 46.5 Å². The van der Waals surface area contributed by atoms with Crippen LogP contribution in [0, 0.1) is 0 Å². The van der Waals surface area contributed by atoms with Gasteiger partial charge in [0, 0.05) is 48.2 Å². The van der Waals surface area contributed by atoms with Crippen LogP contribution in [0.3, 0.4) is 0 Å². The predicted octanol–water partition coefficient (Wildman–Crippen LogP) is 3.38. The molecule has 2 aliphatic rings. The molecule has 4 rings (SSSR count). The standard InChI is InChI=1S/C23H31N3O3S/c1-17-12-26(13-18(2)29-17)23(28)16-30-21-14-25(20-9-5-4-8-19(20)21)15-22(27)24-10-6-3-7-11-24/h4-5,8-9,14,17-18H,3,6-7,10-13,15-16H2,1-2H3. The van der Waals surface area contributed by atoms with Gasteiger partial charge in [0.25, 0.3) is 0 Å². The number of likely N-dealkylation sites (tertiary alicyclic amines) is 1. The molecule has 2 amide bonds. The van der Waals surface area contributed by atoms with E-state index < -0.39 is 0 Å². The Labute approximate surface area is 182 Å². The number of piperidine rings is 1. The first kappa shape index (κ1) is 21.2. The number of nitrogens with zero attached hydrogens (tertiary/aromatic N) is 3. The number of benzene rings is 1. The van der Waals surface area contributed by atoms with Gasteiger partial charge in [0.2, 0.25) is 11.8 Å². The Bertz CT molecular complexity index is 896. The first-order valence-corrected chi connectivity index (χ1v) is 11.9. The molecule has 1 aromatic carbocycles. The maximum absolute atomic E-state index is 12.8. The van der Waals surface area contributed by atoms with Crippen molar-refractivity contribution < 1.29 is 14.3 Å². The van der Waals surface area contributed by atoms with Crippen LogP contribution < -0.4 is 0 Å². The van der Waals surface area contributed by atoms with Gasteiger partial charge < -0.3 is 19.1 Å². The molecule has 2 saturated heterocycles. The van der Waals surface area contributed by atoms with E-state index in [-0.39, 0.29) is 24.0 Å². The smallest absolute Gasteiger partial charge is 0.242 e. The van der Waals surface area contributed by atoms with Crippen molar-refractivity contribution in [3.63, 3.8) is 0 Å². The van der Waals surface area contributed by atoms with Crippen molar-refractivity contribution in [2.24, 2.45) is 0 Å². The van der Waals surface area contributed by atoms with Gasteiger partial charge in [-0.15, -0.1) is 11.8 Å². The Hall–Kier alpha value is -1.99. The van der Waals surface area contributed by atoms with Crippen molar-refractivity contribution in [1.29, 1.82) is 0 Å². The zero-order valence-electron chi connectivity index (χ0n) is 17.9. The molecule has 2 fully saturated rings. The molecule has 6 nitrogen and oxygen atoms in total. The van der Waals surface area contributed by atoms with E-state index in [9.17, 15) is 9.59 Å². The molecule has 3 heterocycles. The lowest BCUT2D eigenvalue weighted by molar-refractivity contribution is -0.140. The van der Waals surface area contributed by atoms with E-state index in [2.05, 4.69) is 12.1 Å². The molecule has 2 atom stereocenters. The Kier molecular flexibility index (Phi) is 6.68. The summed E-state index contributed by atoms with van der Waals surface area (Å²) in [6.45, 7) is 7.40. The topological polar surface area (TPSA) is 54.8 Å². The minimum atomic E-state index is 0.0745. The molecule has 1 aromatic heterocycles. The minimum Gasteiger partial charge on any atom is -0.372 e. The summed E-state index contributed by atoms with van der Waals surface area (Å²) in [5, 5.41) is 1.10. The normalized spacial score (nSPS) is 22.5. The number of morpholine rings is 1. The summed E-state index contributed by atoms with van der Waals surface area (Å²) in [5.41, 5.74) is 1.05. The summed E-state index contributed by atoms with van der Waals surface area (Å²) in [4.78, 5) is 30.5. The number of aromatic nitrogens is 1. The molecule has 0 spiro atoms. The van der Waals surface area contributed by atoms with Crippen LogP contribution in [0.2, 0.25) is 0 Å². The van der Waals surface area contributed by atoms with Crippen molar-refractivity contribution in [3.05, 3.63) is 30.5 Å². The summed E-state index contributed by atoms with van der Waals surface area (Å²) < 4.78 is 7.78. The fourth-order valence-corrected chi connectivity index (χ4v) is 5.45. The number of carbonyl (C=O) groups excluding carboxylic acids is 2. The van der Waals surface area contributed by atoms with E-state index in [1.165, 1.54) is 6.42 Å². The number of thioether (sulfide) groups is 1. The molecule has 2 aromatic rings. The lowest BCUT2D eigenvalue weighted by Crippen LogP contribution is -2.48. The number of rotatable bonds is 5. The maximum Gasteiger partial charge on any atom is 0.242 e. The lowest BCUT2D eigenvalue weighted by atomic mass is 10.1. The SMILES string of the molecule is CC1CN(C(=O)CSc2cn(CC(=O)N3CCCCC3)c3ccccc23)CC(C)O1. The van der Waals surface area contributed by atoms with Gasteiger partial charge in [-0.2, -0.15) is 0 Å². The third kappa shape index (κ3) is 4.83. The zero-order valence-corrected chi connectivity index (χ0v) is 18.7. The number of para-hydroxylation sites is 1. The fraction of sp³-hybridized carbons (Fsp3) is 0.565. The Morgan fingerprint density at radius 3 is 2.43 bits per heavy atom. The van der Waals surface area contributed by atoms with Gasteiger partial charge in [-0.3, -0.25) is 9.59 Å². The van der Waals surface area contributed by atoms with Crippen molar-refractivity contribution >= 4 is 34.5 Å². The highest BCUT2D eigenvalue weighted by atomic mass is 32.2. The molecule has 0 saturated carbocycles. The second-order valence-corrected chi connectivity index (χ2v) is 9.44. The Balaban J connectivity index is 1.45. The summed E-state index contributed by atoms with van der Waals surface area (Å²) >= 11 is 1.56.